The maximum atomic E-state index is 13.4. The van der Waals surface area contributed by atoms with Crippen LogP contribution in [0.5, 0.6) is 0 Å². The number of amides is 1. The molecule has 14 heteroatoms. The van der Waals surface area contributed by atoms with Gasteiger partial charge in [0.05, 0.1) is 17.9 Å². The van der Waals surface area contributed by atoms with Crippen molar-refractivity contribution < 1.29 is 43.3 Å². The van der Waals surface area contributed by atoms with E-state index in [4.69, 9.17) is 21.4 Å². The van der Waals surface area contributed by atoms with Crippen molar-refractivity contribution in [2.75, 3.05) is 6.61 Å². The van der Waals surface area contributed by atoms with E-state index in [0.29, 0.717) is 5.56 Å². The van der Waals surface area contributed by atoms with E-state index in [9.17, 15) is 28.8 Å². The smallest absolute Gasteiger partial charge is 0.465 e. The highest BCUT2D eigenvalue weighted by molar-refractivity contribution is 8.03. The third-order valence-corrected chi connectivity index (χ3v) is 7.57. The van der Waals surface area contributed by atoms with Gasteiger partial charge in [-0.1, -0.05) is 30.3 Å². The third-order valence-electron chi connectivity index (χ3n) is 5.83. The average molecular weight is 562 g/mol. The summed E-state index contributed by atoms with van der Waals surface area (Å²) >= 11 is 6.99. The molecule has 0 spiro atoms. The quantitative estimate of drug-likeness (QED) is 0.292. The molecule has 0 saturated heterocycles. The normalized spacial score (nSPS) is 28.1. The molecule has 1 amide bonds. The van der Waals surface area contributed by atoms with Gasteiger partial charge in [-0.15, -0.1) is 23.4 Å². The number of allylic oxidation sites excluding steroid dienone is 2. The number of fused-ring (bicyclic) bond motifs is 1. The Kier molecular flexibility index (Phi) is 8.07. The average Bonchev–Trinajstić information content (AvgIpc) is 2.89. The number of Topliss-reactive ketones (excluding diaryl/α,β-unsaturated/α-hetero) is 1. The molecule has 0 radical (unpaired) electrons. The Morgan fingerprint density at radius 2 is 1.89 bits per heavy atom. The monoisotopic (exact) mass is 561 g/mol. The number of thioether (sulfide) groups is 1. The van der Waals surface area contributed by atoms with Crippen molar-refractivity contribution >= 4 is 70.4 Å². The Hall–Kier alpha value is -3.84. The summed E-state index contributed by atoms with van der Waals surface area (Å²) in [7, 11) is 0. The second-order valence-electron chi connectivity index (χ2n) is 8.20. The number of ketones is 3. The van der Waals surface area contributed by atoms with Gasteiger partial charge in [-0.3, -0.25) is 29.0 Å². The van der Waals surface area contributed by atoms with E-state index >= 15 is 0 Å². The van der Waals surface area contributed by atoms with Crippen molar-refractivity contribution in [1.29, 1.82) is 0 Å². The first kappa shape index (κ1) is 27.2. The number of hydrogen-bond donors (Lipinski definition) is 2. The van der Waals surface area contributed by atoms with Crippen LogP contribution in [0.15, 0.2) is 52.5 Å². The molecule has 1 aliphatic heterocycles. The lowest BCUT2D eigenvalue weighted by molar-refractivity contribution is -0.148. The number of rotatable bonds is 6. The first-order valence-corrected chi connectivity index (χ1v) is 12.7. The highest BCUT2D eigenvalue weighted by Crippen LogP contribution is 2.40. The Balaban J connectivity index is 1.66. The second kappa shape index (κ2) is 11.3. The summed E-state index contributed by atoms with van der Waals surface area (Å²) in [6, 6.07) is 4.61. The van der Waals surface area contributed by atoms with E-state index in [1.807, 2.05) is 0 Å². The number of carbonyl (C=O) groups is 6. The van der Waals surface area contributed by atoms with Gasteiger partial charge in [-0.2, -0.15) is 0 Å². The molecule has 1 heterocycles. The van der Waals surface area contributed by atoms with Gasteiger partial charge in [0.1, 0.15) is 11.8 Å². The number of ether oxygens (including phenoxy) is 2. The molecule has 2 N–H and O–H groups in total. The van der Waals surface area contributed by atoms with Crippen molar-refractivity contribution in [3.8, 4) is 0 Å². The van der Waals surface area contributed by atoms with E-state index < -0.39 is 75.1 Å². The van der Waals surface area contributed by atoms with Gasteiger partial charge in [0.25, 0.3) is 0 Å². The maximum Gasteiger partial charge on any atom is 0.512 e. The summed E-state index contributed by atoms with van der Waals surface area (Å²) in [6.07, 6.45) is 0.279. The van der Waals surface area contributed by atoms with Crippen LogP contribution in [0.3, 0.4) is 0 Å². The topological polar surface area (TPSA) is 178 Å². The highest BCUT2D eigenvalue weighted by Gasteiger charge is 2.55. The van der Waals surface area contributed by atoms with Crippen molar-refractivity contribution in [2.45, 2.75) is 35.0 Å². The molecule has 1 aromatic rings. The Labute approximate surface area is 224 Å². The molecular formula is C24H20ClN3O9S. The zero-order chi connectivity index (χ0) is 27.6. The van der Waals surface area contributed by atoms with Crippen LogP contribution >= 0.6 is 23.4 Å². The third kappa shape index (κ3) is 5.38. The van der Waals surface area contributed by atoms with E-state index in [0.717, 1.165) is 23.9 Å². The lowest BCUT2D eigenvalue weighted by atomic mass is 9.83. The summed E-state index contributed by atoms with van der Waals surface area (Å²) < 4.78 is 8.52. The lowest BCUT2D eigenvalue weighted by Gasteiger charge is -2.43. The van der Waals surface area contributed by atoms with Crippen LogP contribution in [0, 0.1) is 5.92 Å². The maximum absolute atomic E-state index is 13.4. The van der Waals surface area contributed by atoms with E-state index in [1.54, 1.807) is 30.3 Å². The summed E-state index contributed by atoms with van der Waals surface area (Å²) in [5.74, 6) is -5.61. The number of carboxylic acid groups (broad SMARTS) is 1. The van der Waals surface area contributed by atoms with Crippen molar-refractivity contribution in [3.05, 3.63) is 48.0 Å². The first-order chi connectivity index (χ1) is 18.1. The molecule has 1 saturated carbocycles. The number of benzene rings is 1. The number of halogens is 1. The number of aliphatic imine (C=N–C) groups is 2. The minimum Gasteiger partial charge on any atom is -0.465 e. The van der Waals surface area contributed by atoms with Crippen LogP contribution in [-0.2, 0) is 33.4 Å². The predicted octanol–water partition coefficient (Wildman–Crippen LogP) is 1.27. The van der Waals surface area contributed by atoms with Crippen LogP contribution in [0.2, 0.25) is 0 Å². The molecular weight excluding hydrogens is 542 g/mol. The number of nitrogens with zero attached hydrogens (tertiary/aromatic N) is 2. The summed E-state index contributed by atoms with van der Waals surface area (Å²) in [5, 5.41) is 10.7. The Morgan fingerprint density at radius 1 is 1.18 bits per heavy atom. The summed E-state index contributed by atoms with van der Waals surface area (Å²) in [5.41, 5.74) is -0.151. The molecule has 0 aromatic heterocycles. The zero-order valence-corrected chi connectivity index (χ0v) is 21.2. The first-order valence-electron chi connectivity index (χ1n) is 11.3. The number of esters is 1. The SMILES string of the molecule is CCOC(=O)C1C(=O)C=CC(=O)C1=NC(C(=O)NC1C(=O)C2SC(Cl)C(OC(=O)O)=NC12)c1ccccc1. The molecule has 1 fully saturated rings. The molecule has 6 unspecified atom stereocenters. The molecule has 3 aliphatic rings. The Bertz CT molecular complexity index is 1300. The van der Waals surface area contributed by atoms with E-state index in [2.05, 4.69) is 20.0 Å². The van der Waals surface area contributed by atoms with Crippen LogP contribution in [0.1, 0.15) is 18.5 Å². The fourth-order valence-corrected chi connectivity index (χ4v) is 5.65. The van der Waals surface area contributed by atoms with Gasteiger partial charge in [0, 0.05) is 0 Å². The number of hydrogen-bond acceptors (Lipinski definition) is 11. The Morgan fingerprint density at radius 3 is 2.55 bits per heavy atom. The minimum absolute atomic E-state index is 0.0436. The van der Waals surface area contributed by atoms with E-state index in [1.165, 1.54) is 6.92 Å². The van der Waals surface area contributed by atoms with E-state index in [-0.39, 0.29) is 12.5 Å². The van der Waals surface area contributed by atoms with Crippen LogP contribution in [0.4, 0.5) is 4.79 Å². The zero-order valence-electron chi connectivity index (χ0n) is 19.6. The number of nitrogens with one attached hydrogen (secondary N) is 1. The van der Waals surface area contributed by atoms with Crippen molar-refractivity contribution in [3.63, 3.8) is 0 Å². The highest BCUT2D eigenvalue weighted by atomic mass is 35.5. The van der Waals surface area contributed by atoms with Gasteiger partial charge in [-0.25, -0.2) is 9.79 Å². The second-order valence-corrected chi connectivity index (χ2v) is 10.1. The standard InChI is InChI=1S/C24H20ClN3O9S/c1-2-36-23(33)13-11(29)8-9-12(30)15(13)26-14(10-6-4-3-5-7-10)21(32)27-16-17-19(18(16)31)38-20(25)22(28-17)37-24(34)35/h3-9,13-14,16-17,19-20H,2H2,1H3,(H,27,32)(H,34,35). The molecule has 2 aliphatic carbocycles. The molecule has 12 nitrogen and oxygen atoms in total. The molecule has 38 heavy (non-hydrogen) atoms. The number of carbonyl (C=O) groups excluding carboxylic acids is 5. The van der Waals surface area contributed by atoms with Crippen molar-refractivity contribution in [1.82, 2.24) is 5.32 Å². The largest absolute Gasteiger partial charge is 0.512 e. The molecule has 6 atom stereocenters. The molecule has 4 rings (SSSR count). The lowest BCUT2D eigenvalue weighted by Crippen LogP contribution is -2.67. The van der Waals surface area contributed by atoms with Crippen LogP contribution < -0.4 is 5.32 Å². The summed E-state index contributed by atoms with van der Waals surface area (Å²) in [6.45, 7) is 1.49. The summed E-state index contributed by atoms with van der Waals surface area (Å²) in [4.78, 5) is 83.1. The van der Waals surface area contributed by atoms with Gasteiger partial charge >= 0.3 is 12.1 Å². The molecule has 0 bridgehead atoms. The minimum atomic E-state index is -1.64. The van der Waals surface area contributed by atoms with Gasteiger partial charge in [0.15, 0.2) is 28.2 Å². The molecule has 198 valence electrons. The van der Waals surface area contributed by atoms with Crippen LogP contribution in [0.25, 0.3) is 0 Å². The predicted molar refractivity (Wildman–Crippen MR) is 134 cm³/mol. The van der Waals surface area contributed by atoms with Crippen molar-refractivity contribution in [2.24, 2.45) is 15.9 Å². The van der Waals surface area contributed by atoms with Gasteiger partial charge in [0.2, 0.25) is 17.6 Å². The molecule has 1 aromatic carbocycles. The fourth-order valence-electron chi connectivity index (χ4n) is 4.07. The number of alkyl halides is 1. The van der Waals surface area contributed by atoms with Crippen LogP contribution in [-0.4, -0.2) is 80.7 Å². The van der Waals surface area contributed by atoms with Gasteiger partial charge in [-0.05, 0) is 24.6 Å². The van der Waals surface area contributed by atoms with Gasteiger partial charge < -0.3 is 19.9 Å². The fraction of sp³-hybridized carbons (Fsp3) is 0.333.